The molecule has 0 aromatic carbocycles. The molecule has 2 nitrogen and oxygen atoms in total. The highest BCUT2D eigenvalue weighted by molar-refractivity contribution is 4.82. The first-order valence-corrected chi connectivity index (χ1v) is 5.89. The quantitative estimate of drug-likeness (QED) is 0.680. The van der Waals surface area contributed by atoms with Crippen LogP contribution in [0, 0.1) is 11.8 Å². The van der Waals surface area contributed by atoms with Crippen LogP contribution in [0.15, 0.2) is 0 Å². The zero-order chi connectivity index (χ0) is 10.6. The fourth-order valence-electron chi connectivity index (χ4n) is 2.20. The minimum atomic E-state index is 0.360. The predicted octanol–water partition coefficient (Wildman–Crippen LogP) is 2.44. The van der Waals surface area contributed by atoms with Gasteiger partial charge in [0, 0.05) is 13.2 Å². The van der Waals surface area contributed by atoms with Gasteiger partial charge >= 0.3 is 0 Å². The van der Waals surface area contributed by atoms with E-state index < -0.39 is 0 Å². The zero-order valence-electron chi connectivity index (χ0n) is 10.0. The summed E-state index contributed by atoms with van der Waals surface area (Å²) >= 11 is 0. The van der Waals surface area contributed by atoms with Gasteiger partial charge in [-0.3, -0.25) is 0 Å². The van der Waals surface area contributed by atoms with Crippen LogP contribution in [-0.2, 0) is 4.74 Å². The first-order valence-electron chi connectivity index (χ1n) is 5.89. The summed E-state index contributed by atoms with van der Waals surface area (Å²) in [6.07, 6.45) is 5.90. The van der Waals surface area contributed by atoms with E-state index in [1.165, 1.54) is 25.7 Å². The summed E-state index contributed by atoms with van der Waals surface area (Å²) in [6, 6.07) is 0.528. The smallest absolute Gasteiger partial charge is 0.0746 e. The van der Waals surface area contributed by atoms with Crippen LogP contribution >= 0.6 is 0 Å². The molecule has 2 heteroatoms. The number of methoxy groups -OCH3 is 1. The second-order valence-corrected chi connectivity index (χ2v) is 4.86. The van der Waals surface area contributed by atoms with Gasteiger partial charge in [-0.1, -0.05) is 26.7 Å². The molecule has 1 rings (SSSR count). The van der Waals surface area contributed by atoms with Gasteiger partial charge in [-0.05, 0) is 31.7 Å². The van der Waals surface area contributed by atoms with Crippen molar-refractivity contribution in [3.05, 3.63) is 0 Å². The molecule has 2 atom stereocenters. The molecule has 1 saturated carbocycles. The molecule has 84 valence electrons. The Labute approximate surface area is 88.4 Å². The first kappa shape index (κ1) is 12.0. The van der Waals surface area contributed by atoms with Crippen molar-refractivity contribution in [2.45, 2.75) is 51.7 Å². The molecule has 0 radical (unpaired) electrons. The molecule has 0 spiro atoms. The molecule has 1 N–H and O–H groups in total. The number of likely N-dealkylation sites (N-methyl/N-ethyl adjacent to an activating group) is 1. The van der Waals surface area contributed by atoms with Crippen LogP contribution in [0.5, 0.6) is 0 Å². The summed E-state index contributed by atoms with van der Waals surface area (Å²) in [4.78, 5) is 0. The lowest BCUT2D eigenvalue weighted by Crippen LogP contribution is -2.42. The lowest BCUT2D eigenvalue weighted by atomic mass is 9.95. The Morgan fingerprint density at radius 3 is 2.36 bits per heavy atom. The van der Waals surface area contributed by atoms with E-state index in [9.17, 15) is 0 Å². The van der Waals surface area contributed by atoms with E-state index in [-0.39, 0.29) is 0 Å². The van der Waals surface area contributed by atoms with Gasteiger partial charge in [-0.15, -0.1) is 0 Å². The summed E-state index contributed by atoms with van der Waals surface area (Å²) in [5, 5.41) is 3.39. The lowest BCUT2D eigenvalue weighted by molar-refractivity contribution is 0.0319. The largest absolute Gasteiger partial charge is 0.380 e. The molecule has 0 aliphatic heterocycles. The highest BCUT2D eigenvalue weighted by Crippen LogP contribution is 2.34. The molecule has 0 bridgehead atoms. The molecular weight excluding hydrogens is 174 g/mol. The summed E-state index contributed by atoms with van der Waals surface area (Å²) in [5.74, 6) is 1.62. The minimum Gasteiger partial charge on any atom is -0.380 e. The molecule has 0 saturated heterocycles. The summed E-state index contributed by atoms with van der Waals surface area (Å²) < 4.78 is 5.55. The Kier molecular flexibility index (Phi) is 4.90. The van der Waals surface area contributed by atoms with Crippen molar-refractivity contribution in [2.75, 3.05) is 14.2 Å². The maximum atomic E-state index is 5.55. The fourth-order valence-corrected chi connectivity index (χ4v) is 2.20. The van der Waals surface area contributed by atoms with E-state index in [1.54, 1.807) is 0 Å². The van der Waals surface area contributed by atoms with Gasteiger partial charge in [0.05, 0.1) is 6.10 Å². The average Bonchev–Trinajstić information content (AvgIpc) is 2.94. The van der Waals surface area contributed by atoms with Crippen molar-refractivity contribution in [2.24, 2.45) is 11.8 Å². The molecule has 14 heavy (non-hydrogen) atoms. The summed E-state index contributed by atoms with van der Waals surface area (Å²) in [6.45, 7) is 4.46. The maximum Gasteiger partial charge on any atom is 0.0746 e. The van der Waals surface area contributed by atoms with Gasteiger partial charge in [0.2, 0.25) is 0 Å². The normalized spacial score (nSPS) is 21.2. The van der Waals surface area contributed by atoms with Crippen LogP contribution in [0.1, 0.15) is 39.5 Å². The molecule has 1 aliphatic rings. The van der Waals surface area contributed by atoms with Crippen molar-refractivity contribution in [3.8, 4) is 0 Å². The predicted molar refractivity (Wildman–Crippen MR) is 60.4 cm³/mol. The van der Waals surface area contributed by atoms with E-state index in [0.29, 0.717) is 18.1 Å². The first-order chi connectivity index (χ1) is 6.69. The van der Waals surface area contributed by atoms with Crippen LogP contribution in [0.25, 0.3) is 0 Å². The third-order valence-corrected chi connectivity index (χ3v) is 3.28. The van der Waals surface area contributed by atoms with E-state index >= 15 is 0 Å². The molecule has 2 unspecified atom stereocenters. The maximum absolute atomic E-state index is 5.55. The second kappa shape index (κ2) is 5.72. The van der Waals surface area contributed by atoms with E-state index in [1.807, 2.05) is 14.2 Å². The van der Waals surface area contributed by atoms with Crippen LogP contribution in [0.2, 0.25) is 0 Å². The molecule has 1 aliphatic carbocycles. The highest BCUT2D eigenvalue weighted by atomic mass is 16.5. The van der Waals surface area contributed by atoms with Crippen LogP contribution in [-0.4, -0.2) is 26.3 Å². The SMILES string of the molecule is CNC(CCC1CC1)C(OC)C(C)C. The van der Waals surface area contributed by atoms with Gasteiger partial charge in [0.1, 0.15) is 0 Å². The Balaban J connectivity index is 2.31. The molecule has 0 aromatic rings. The third-order valence-electron chi connectivity index (χ3n) is 3.28. The fraction of sp³-hybridized carbons (Fsp3) is 1.00. The van der Waals surface area contributed by atoms with E-state index in [0.717, 1.165) is 5.92 Å². The Morgan fingerprint density at radius 1 is 1.36 bits per heavy atom. The van der Waals surface area contributed by atoms with Crippen LogP contribution < -0.4 is 5.32 Å². The van der Waals surface area contributed by atoms with Crippen LogP contribution in [0.4, 0.5) is 0 Å². The number of rotatable bonds is 7. The Bertz CT molecular complexity index is 154. The minimum absolute atomic E-state index is 0.360. The average molecular weight is 199 g/mol. The van der Waals surface area contributed by atoms with Crippen molar-refractivity contribution >= 4 is 0 Å². The third kappa shape index (κ3) is 3.58. The lowest BCUT2D eigenvalue weighted by Gasteiger charge is -2.28. The second-order valence-electron chi connectivity index (χ2n) is 4.86. The monoisotopic (exact) mass is 199 g/mol. The molecule has 0 heterocycles. The summed E-state index contributed by atoms with van der Waals surface area (Å²) in [5.41, 5.74) is 0. The standard InChI is InChI=1S/C12H25NO/c1-9(2)12(14-4)11(13-3)8-7-10-5-6-10/h9-13H,5-8H2,1-4H3. The van der Waals surface area contributed by atoms with Gasteiger partial charge in [-0.2, -0.15) is 0 Å². The van der Waals surface area contributed by atoms with Gasteiger partial charge in [-0.25, -0.2) is 0 Å². The van der Waals surface area contributed by atoms with Crippen LogP contribution in [0.3, 0.4) is 0 Å². The van der Waals surface area contributed by atoms with E-state index in [4.69, 9.17) is 4.74 Å². The number of nitrogens with one attached hydrogen (secondary N) is 1. The molecule has 0 amide bonds. The topological polar surface area (TPSA) is 21.3 Å². The number of hydrogen-bond acceptors (Lipinski definition) is 2. The number of ether oxygens (including phenoxy) is 1. The molecular formula is C12H25NO. The van der Waals surface area contributed by atoms with E-state index in [2.05, 4.69) is 19.2 Å². The zero-order valence-corrected chi connectivity index (χ0v) is 10.0. The summed E-state index contributed by atoms with van der Waals surface area (Å²) in [7, 11) is 3.87. The van der Waals surface area contributed by atoms with Crippen molar-refractivity contribution in [1.82, 2.24) is 5.32 Å². The molecule has 1 fully saturated rings. The molecule has 0 aromatic heterocycles. The van der Waals surface area contributed by atoms with Gasteiger partial charge in [0.15, 0.2) is 0 Å². The van der Waals surface area contributed by atoms with Crippen molar-refractivity contribution in [3.63, 3.8) is 0 Å². The van der Waals surface area contributed by atoms with Gasteiger partial charge in [0.25, 0.3) is 0 Å². The number of hydrogen-bond donors (Lipinski definition) is 1. The highest BCUT2D eigenvalue weighted by Gasteiger charge is 2.27. The van der Waals surface area contributed by atoms with Gasteiger partial charge < -0.3 is 10.1 Å². The Morgan fingerprint density at radius 2 is 2.00 bits per heavy atom. The van der Waals surface area contributed by atoms with Crippen molar-refractivity contribution < 1.29 is 4.74 Å². The Hall–Kier alpha value is -0.0800. The van der Waals surface area contributed by atoms with Crippen molar-refractivity contribution in [1.29, 1.82) is 0 Å².